The van der Waals surface area contributed by atoms with Gasteiger partial charge in [-0.05, 0) is 36.1 Å². The van der Waals surface area contributed by atoms with Crippen molar-refractivity contribution in [2.45, 2.75) is 57.6 Å². The molecular weight excluding hydrogens is 432 g/mol. The molecule has 1 amide bonds. The second-order valence-electron chi connectivity index (χ2n) is 7.77. The number of carbonyl (C=O) groups excluding carboxylic acids is 1. The second kappa shape index (κ2) is 15.2. The first-order chi connectivity index (χ1) is 14.9. The summed E-state index contributed by atoms with van der Waals surface area (Å²) in [6.07, 6.45) is 3.85. The highest BCUT2D eigenvalue weighted by Crippen LogP contribution is 2.15. The van der Waals surface area contributed by atoms with Crippen molar-refractivity contribution in [3.05, 3.63) is 65.7 Å². The molecule has 0 aliphatic carbocycles. The number of halogens is 1. The van der Waals surface area contributed by atoms with Crippen molar-refractivity contribution in [3.8, 4) is 5.75 Å². The molecule has 0 bridgehead atoms. The largest absolute Gasteiger partial charge is 1.00 e. The maximum atomic E-state index is 12.0. The number of quaternary nitrogens is 1. The number of hydrogen-bond donors (Lipinski definition) is 3. The van der Waals surface area contributed by atoms with Gasteiger partial charge in [-0.2, -0.15) is 0 Å². The van der Waals surface area contributed by atoms with E-state index in [4.69, 9.17) is 9.84 Å². The van der Waals surface area contributed by atoms with E-state index in [0.717, 1.165) is 34.8 Å². The van der Waals surface area contributed by atoms with Crippen LogP contribution >= 0.6 is 0 Å². The summed E-state index contributed by atoms with van der Waals surface area (Å²) in [7, 11) is 0. The summed E-state index contributed by atoms with van der Waals surface area (Å²) in [6.45, 7) is 0.684. The standard InChI is InChI=1S/C24H32N2O5.ClH/c25-21(17-26(30)23(27)10-6-1-2-7-11-24(28)29)16-19-12-14-22(15-13-19)31-18-20-8-4-3-5-9-20;/h3-5,8-9,12-15,21,30H,1-2,6-7,10-11,16-18,25H2,(H,28,29);1H/t21-;/m0./s1. The van der Waals surface area contributed by atoms with Crippen LogP contribution in [0.25, 0.3) is 0 Å². The molecule has 0 radical (unpaired) electrons. The molecule has 0 heterocycles. The van der Waals surface area contributed by atoms with Crippen molar-refractivity contribution in [1.82, 2.24) is 5.06 Å². The van der Waals surface area contributed by atoms with Gasteiger partial charge < -0.3 is 28.0 Å². The van der Waals surface area contributed by atoms with E-state index in [1.807, 2.05) is 54.6 Å². The van der Waals surface area contributed by atoms with E-state index in [-0.39, 0.29) is 43.7 Å². The maximum absolute atomic E-state index is 12.0. The Morgan fingerprint density at radius 3 is 2.16 bits per heavy atom. The molecule has 0 aromatic heterocycles. The maximum Gasteiger partial charge on any atom is 0.303 e. The number of carboxylic acid groups (broad SMARTS) is 1. The van der Waals surface area contributed by atoms with E-state index < -0.39 is 5.97 Å². The summed E-state index contributed by atoms with van der Waals surface area (Å²) in [4.78, 5) is 22.5. The van der Waals surface area contributed by atoms with Crippen LogP contribution in [0.3, 0.4) is 0 Å². The number of rotatable bonds is 14. The molecule has 0 aliphatic heterocycles. The van der Waals surface area contributed by atoms with Gasteiger partial charge in [0, 0.05) is 19.3 Å². The monoisotopic (exact) mass is 464 g/mol. The number of benzene rings is 2. The minimum atomic E-state index is -0.798. The van der Waals surface area contributed by atoms with Gasteiger partial charge in [-0.15, -0.1) is 0 Å². The van der Waals surface area contributed by atoms with Crippen LogP contribution in [-0.2, 0) is 22.6 Å². The van der Waals surface area contributed by atoms with Gasteiger partial charge in [0.15, 0.2) is 0 Å². The third kappa shape index (κ3) is 11.1. The Balaban J connectivity index is 0.00000512. The predicted octanol–water partition coefficient (Wildman–Crippen LogP) is 0.0656. The Labute approximate surface area is 195 Å². The Kier molecular flexibility index (Phi) is 13.1. The lowest BCUT2D eigenvalue weighted by atomic mass is 10.1. The first kappa shape index (κ1) is 27.4. The van der Waals surface area contributed by atoms with E-state index in [2.05, 4.69) is 5.73 Å². The van der Waals surface area contributed by atoms with Crippen LogP contribution in [0.15, 0.2) is 54.6 Å². The number of carbonyl (C=O) groups is 2. The molecule has 2 aromatic carbocycles. The van der Waals surface area contributed by atoms with Gasteiger partial charge in [-0.3, -0.25) is 14.8 Å². The van der Waals surface area contributed by atoms with Crippen molar-refractivity contribution < 1.29 is 42.8 Å². The van der Waals surface area contributed by atoms with Gasteiger partial charge in [0.2, 0.25) is 5.91 Å². The summed E-state index contributed by atoms with van der Waals surface area (Å²) in [6, 6.07) is 17.6. The smallest absolute Gasteiger partial charge is 0.303 e. The summed E-state index contributed by atoms with van der Waals surface area (Å²) in [5, 5.41) is 19.4. The fourth-order valence-corrected chi connectivity index (χ4v) is 3.24. The van der Waals surface area contributed by atoms with Crippen molar-refractivity contribution in [3.63, 3.8) is 0 Å². The van der Waals surface area contributed by atoms with E-state index in [0.29, 0.717) is 25.9 Å². The molecule has 5 N–H and O–H groups in total. The highest BCUT2D eigenvalue weighted by atomic mass is 35.5. The highest BCUT2D eigenvalue weighted by molar-refractivity contribution is 5.74. The quantitative estimate of drug-likeness (QED) is 0.208. The number of hydroxylamine groups is 2. The van der Waals surface area contributed by atoms with Crippen LogP contribution in [0, 0.1) is 0 Å². The molecule has 2 rings (SSSR count). The Morgan fingerprint density at radius 2 is 1.53 bits per heavy atom. The molecule has 176 valence electrons. The van der Waals surface area contributed by atoms with Crippen molar-refractivity contribution >= 4 is 11.9 Å². The van der Waals surface area contributed by atoms with Crippen molar-refractivity contribution in [1.29, 1.82) is 0 Å². The van der Waals surface area contributed by atoms with Gasteiger partial charge in [0.05, 0.1) is 0 Å². The van der Waals surface area contributed by atoms with E-state index in [1.54, 1.807) is 0 Å². The Hall–Kier alpha value is -2.61. The molecule has 0 aliphatic rings. The third-order valence-electron chi connectivity index (χ3n) is 4.95. The molecule has 7 nitrogen and oxygen atoms in total. The molecule has 0 fully saturated rings. The summed E-state index contributed by atoms with van der Waals surface area (Å²) >= 11 is 0. The van der Waals surface area contributed by atoms with Crippen LogP contribution < -0.4 is 22.9 Å². The highest BCUT2D eigenvalue weighted by Gasteiger charge is 2.17. The molecule has 8 heteroatoms. The molecule has 0 saturated heterocycles. The van der Waals surface area contributed by atoms with Gasteiger partial charge in [0.1, 0.15) is 24.9 Å². The molecule has 0 saturated carbocycles. The average molecular weight is 465 g/mol. The second-order valence-corrected chi connectivity index (χ2v) is 7.77. The zero-order valence-corrected chi connectivity index (χ0v) is 19.0. The number of nitrogens with zero attached hydrogens (tertiary/aromatic N) is 1. The van der Waals surface area contributed by atoms with Crippen molar-refractivity contribution in [2.24, 2.45) is 0 Å². The number of ether oxygens (including phenoxy) is 1. The van der Waals surface area contributed by atoms with E-state index in [1.165, 1.54) is 0 Å². The zero-order valence-electron chi connectivity index (χ0n) is 18.3. The first-order valence-electron chi connectivity index (χ1n) is 10.7. The number of hydrogen-bond acceptors (Lipinski definition) is 4. The topological polar surface area (TPSA) is 115 Å². The summed E-state index contributed by atoms with van der Waals surface area (Å²) in [5.41, 5.74) is 6.22. The number of amides is 1. The minimum absolute atomic E-state index is 0. The number of aliphatic carboxylic acids is 1. The molecular formula is C24H33ClN2O5. The SMILES string of the molecule is [Cl-].[NH3+][C@@H](Cc1ccc(OCc2ccccc2)cc1)CN(O)C(=O)CCCCCCC(=O)O. The summed E-state index contributed by atoms with van der Waals surface area (Å²) < 4.78 is 5.78. The van der Waals surface area contributed by atoms with Crippen LogP contribution in [0.2, 0.25) is 0 Å². The van der Waals surface area contributed by atoms with Crippen LogP contribution in [0.1, 0.15) is 49.7 Å². The Bertz CT molecular complexity index is 802. The predicted molar refractivity (Wildman–Crippen MR) is 116 cm³/mol. The average Bonchev–Trinajstić information content (AvgIpc) is 2.76. The molecule has 0 unspecified atom stereocenters. The lowest BCUT2D eigenvalue weighted by molar-refractivity contribution is -0.425. The summed E-state index contributed by atoms with van der Waals surface area (Å²) in [5.74, 6) is -0.333. The minimum Gasteiger partial charge on any atom is -1.00 e. The van der Waals surface area contributed by atoms with E-state index >= 15 is 0 Å². The lowest BCUT2D eigenvalue weighted by Gasteiger charge is -2.18. The number of unbranched alkanes of at least 4 members (excludes halogenated alkanes) is 3. The van der Waals surface area contributed by atoms with Gasteiger partial charge in [-0.25, -0.2) is 5.06 Å². The Morgan fingerprint density at radius 1 is 0.906 bits per heavy atom. The number of carboxylic acids is 1. The van der Waals surface area contributed by atoms with Crippen molar-refractivity contribution in [2.75, 3.05) is 6.54 Å². The molecule has 0 spiro atoms. The molecule has 32 heavy (non-hydrogen) atoms. The fourth-order valence-electron chi connectivity index (χ4n) is 3.24. The van der Waals surface area contributed by atoms with Gasteiger partial charge in [0.25, 0.3) is 0 Å². The zero-order chi connectivity index (χ0) is 22.5. The van der Waals surface area contributed by atoms with Gasteiger partial charge in [-0.1, -0.05) is 55.3 Å². The molecule has 1 atom stereocenters. The molecule has 2 aromatic rings. The normalized spacial score (nSPS) is 11.3. The van der Waals surface area contributed by atoms with Crippen LogP contribution in [-0.4, -0.2) is 39.8 Å². The van der Waals surface area contributed by atoms with E-state index in [9.17, 15) is 14.8 Å². The fraction of sp³-hybridized carbons (Fsp3) is 0.417. The van der Waals surface area contributed by atoms with Crippen LogP contribution in [0.4, 0.5) is 0 Å². The third-order valence-corrected chi connectivity index (χ3v) is 4.95. The lowest BCUT2D eigenvalue weighted by Crippen LogP contribution is -3.00. The first-order valence-corrected chi connectivity index (χ1v) is 10.7. The van der Waals surface area contributed by atoms with Crippen LogP contribution in [0.5, 0.6) is 5.75 Å². The van der Waals surface area contributed by atoms with Gasteiger partial charge >= 0.3 is 5.97 Å².